The minimum Gasteiger partial charge on any atom is -0.341 e. The Hall–Kier alpha value is -3.35. The van der Waals surface area contributed by atoms with E-state index in [1.807, 2.05) is 83.1 Å². The summed E-state index contributed by atoms with van der Waals surface area (Å²) in [4.78, 5) is 37.8. The summed E-state index contributed by atoms with van der Waals surface area (Å²) in [5, 5.41) is 4.96. The van der Waals surface area contributed by atoms with Crippen molar-refractivity contribution in [3.8, 4) is 0 Å². The summed E-state index contributed by atoms with van der Waals surface area (Å²) < 4.78 is 0. The zero-order chi connectivity index (χ0) is 24.4. The molecule has 1 aliphatic heterocycles. The number of amides is 5. The lowest BCUT2D eigenvalue weighted by Crippen LogP contribution is -2.52. The summed E-state index contributed by atoms with van der Waals surface area (Å²) in [6.45, 7) is 11.5. The molecule has 0 aliphatic carbocycles. The maximum absolute atomic E-state index is 12.6. The molecule has 2 aromatic carbocycles. The summed E-state index contributed by atoms with van der Waals surface area (Å²) in [5.74, 6) is -0.143. The zero-order valence-electron chi connectivity index (χ0n) is 20.2. The predicted octanol–water partition coefficient (Wildman–Crippen LogP) is 5.03. The van der Waals surface area contributed by atoms with E-state index in [4.69, 9.17) is 0 Å². The van der Waals surface area contributed by atoms with Gasteiger partial charge in [0.1, 0.15) is 0 Å². The average molecular weight is 443 g/mol. The largest absolute Gasteiger partial charge is 0.341 e. The lowest BCUT2D eigenvalue weighted by Gasteiger charge is -2.34. The van der Waals surface area contributed by atoms with Crippen molar-refractivity contribution in [3.63, 3.8) is 0 Å². The van der Waals surface area contributed by atoms with Crippen LogP contribution in [0.5, 0.6) is 0 Å². The van der Waals surface area contributed by atoms with Crippen LogP contribution in [-0.2, 0) is 11.3 Å². The molecule has 1 heterocycles. The van der Waals surface area contributed by atoms with Crippen LogP contribution in [0.4, 0.5) is 15.3 Å². The fourth-order valence-electron chi connectivity index (χ4n) is 2.72. The van der Waals surface area contributed by atoms with Crippen LogP contribution in [0.25, 0.3) is 0 Å². The Morgan fingerprint density at radius 2 is 1.44 bits per heavy atom. The van der Waals surface area contributed by atoms with E-state index in [2.05, 4.69) is 10.6 Å². The molecule has 176 valence electrons. The second-order valence-electron chi connectivity index (χ2n) is 6.11. The fraction of sp³-hybridized carbons (Fsp3) is 0.400. The van der Waals surface area contributed by atoms with Crippen LogP contribution in [0.2, 0.25) is 0 Å². The number of hydrogen-bond acceptors (Lipinski definition) is 3. The highest BCUT2D eigenvalue weighted by molar-refractivity contribution is 6.15. The summed E-state index contributed by atoms with van der Waals surface area (Å²) in [5.41, 5.74) is 1.69. The van der Waals surface area contributed by atoms with E-state index in [9.17, 15) is 14.4 Å². The number of urea groups is 2. The van der Waals surface area contributed by atoms with E-state index >= 15 is 0 Å². The number of rotatable bonds is 4. The van der Waals surface area contributed by atoms with Crippen LogP contribution in [0, 0.1) is 0 Å². The van der Waals surface area contributed by atoms with Crippen LogP contribution in [-0.4, -0.2) is 43.0 Å². The molecule has 3 rings (SSSR count). The Morgan fingerprint density at radius 1 is 0.906 bits per heavy atom. The van der Waals surface area contributed by atoms with Crippen LogP contribution < -0.4 is 15.5 Å². The molecule has 0 spiro atoms. The number of anilines is 1. The molecular weight excluding hydrogens is 404 g/mol. The van der Waals surface area contributed by atoms with Crippen molar-refractivity contribution in [1.82, 2.24) is 15.5 Å². The van der Waals surface area contributed by atoms with Crippen molar-refractivity contribution in [3.05, 3.63) is 66.2 Å². The highest BCUT2D eigenvalue weighted by Crippen LogP contribution is 2.21. The molecular formula is C25H38N4O3. The van der Waals surface area contributed by atoms with Gasteiger partial charge in [0.25, 0.3) is 0 Å². The molecule has 5 amide bonds. The molecule has 1 saturated heterocycles. The number of imide groups is 1. The van der Waals surface area contributed by atoms with Crippen molar-refractivity contribution in [2.24, 2.45) is 0 Å². The van der Waals surface area contributed by atoms with Crippen LogP contribution in [0.15, 0.2) is 60.7 Å². The molecule has 0 bridgehead atoms. The van der Waals surface area contributed by atoms with Gasteiger partial charge in [-0.05, 0) is 24.6 Å². The number of nitrogens with zero attached hydrogens (tertiary/aromatic N) is 2. The Labute approximate surface area is 192 Å². The van der Waals surface area contributed by atoms with Crippen LogP contribution in [0.1, 0.15) is 46.6 Å². The minimum atomic E-state index is -0.249. The van der Waals surface area contributed by atoms with Gasteiger partial charge in [0.15, 0.2) is 0 Å². The second kappa shape index (κ2) is 17.3. The molecule has 0 aromatic heterocycles. The number of benzene rings is 2. The molecule has 7 nitrogen and oxygen atoms in total. The third kappa shape index (κ3) is 9.64. The van der Waals surface area contributed by atoms with E-state index in [0.29, 0.717) is 31.7 Å². The van der Waals surface area contributed by atoms with Crippen molar-refractivity contribution in [2.75, 3.05) is 25.0 Å². The highest BCUT2D eigenvalue weighted by atomic mass is 16.2. The van der Waals surface area contributed by atoms with Gasteiger partial charge in [-0.1, -0.05) is 76.2 Å². The van der Waals surface area contributed by atoms with E-state index in [-0.39, 0.29) is 18.0 Å². The van der Waals surface area contributed by atoms with Gasteiger partial charge in [0.05, 0.1) is 5.69 Å². The maximum Gasteiger partial charge on any atom is 0.331 e. The first-order valence-electron chi connectivity index (χ1n) is 11.2. The van der Waals surface area contributed by atoms with Crippen molar-refractivity contribution in [1.29, 1.82) is 0 Å². The summed E-state index contributed by atoms with van der Waals surface area (Å²) in [6.07, 6.45) is 0.355. The molecule has 1 aliphatic rings. The Bertz CT molecular complexity index is 782. The number of carbonyl (C=O) groups excluding carboxylic acids is 3. The Kier molecular flexibility index (Phi) is 15.5. The SMILES string of the molecule is CC.CC.CCNC(=O)NC.O=C1CCN(Cc2ccccc2)C(=O)N1c1ccccc1. The van der Waals surface area contributed by atoms with Gasteiger partial charge in [-0.2, -0.15) is 0 Å². The van der Waals surface area contributed by atoms with Crippen LogP contribution in [0.3, 0.4) is 0 Å². The van der Waals surface area contributed by atoms with Crippen molar-refractivity contribution in [2.45, 2.75) is 47.6 Å². The third-order valence-electron chi connectivity index (χ3n) is 4.10. The summed E-state index contributed by atoms with van der Waals surface area (Å²) >= 11 is 0. The smallest absolute Gasteiger partial charge is 0.331 e. The van der Waals surface area contributed by atoms with E-state index in [0.717, 1.165) is 5.56 Å². The molecule has 2 N–H and O–H groups in total. The number of nitrogens with one attached hydrogen (secondary N) is 2. The molecule has 7 heteroatoms. The van der Waals surface area contributed by atoms with Gasteiger partial charge in [-0.25, -0.2) is 14.5 Å². The second-order valence-corrected chi connectivity index (χ2v) is 6.11. The normalized spacial score (nSPS) is 12.2. The van der Waals surface area contributed by atoms with E-state index in [1.54, 1.807) is 24.1 Å². The van der Waals surface area contributed by atoms with Gasteiger partial charge in [0, 0.05) is 33.1 Å². The lowest BCUT2D eigenvalue weighted by atomic mass is 10.1. The monoisotopic (exact) mass is 442 g/mol. The van der Waals surface area contributed by atoms with Gasteiger partial charge in [0.2, 0.25) is 5.91 Å². The molecule has 32 heavy (non-hydrogen) atoms. The van der Waals surface area contributed by atoms with E-state index < -0.39 is 0 Å². The Balaban J connectivity index is 0.000000743. The first kappa shape index (κ1) is 28.6. The standard InChI is InChI=1S/C17H16N2O2.C4H10N2O.2C2H6/c20-16-11-12-18(13-14-7-3-1-4-8-14)17(21)19(16)15-9-5-2-6-10-15;1-3-6-4(7)5-2;2*1-2/h1-10H,11-13H2;3H2,1-2H3,(H2,5,6,7);2*1-2H3. The number of para-hydroxylation sites is 1. The molecule has 0 saturated carbocycles. The topological polar surface area (TPSA) is 81.8 Å². The molecule has 0 radical (unpaired) electrons. The summed E-state index contributed by atoms with van der Waals surface area (Å²) in [6, 6.07) is 18.5. The number of hydrogen-bond donors (Lipinski definition) is 2. The van der Waals surface area contributed by atoms with Crippen LogP contribution >= 0.6 is 0 Å². The molecule has 1 fully saturated rings. The van der Waals surface area contributed by atoms with E-state index in [1.165, 1.54) is 4.90 Å². The maximum atomic E-state index is 12.6. The van der Waals surface area contributed by atoms with Gasteiger partial charge >= 0.3 is 12.1 Å². The quantitative estimate of drug-likeness (QED) is 0.696. The minimum absolute atomic E-state index is 0.123. The highest BCUT2D eigenvalue weighted by Gasteiger charge is 2.32. The first-order valence-corrected chi connectivity index (χ1v) is 11.2. The average Bonchev–Trinajstić information content (AvgIpc) is 2.85. The third-order valence-corrected chi connectivity index (χ3v) is 4.10. The van der Waals surface area contributed by atoms with Gasteiger partial charge in [-0.15, -0.1) is 0 Å². The summed E-state index contributed by atoms with van der Waals surface area (Å²) in [7, 11) is 1.59. The predicted molar refractivity (Wildman–Crippen MR) is 132 cm³/mol. The lowest BCUT2D eigenvalue weighted by molar-refractivity contribution is -0.119. The Morgan fingerprint density at radius 3 is 1.91 bits per heavy atom. The number of carbonyl (C=O) groups is 3. The van der Waals surface area contributed by atoms with Crippen molar-refractivity contribution >= 4 is 23.7 Å². The van der Waals surface area contributed by atoms with Gasteiger partial charge in [-0.3, -0.25) is 4.79 Å². The molecule has 0 atom stereocenters. The fourth-order valence-corrected chi connectivity index (χ4v) is 2.72. The van der Waals surface area contributed by atoms with Crippen molar-refractivity contribution < 1.29 is 14.4 Å². The molecule has 0 unspecified atom stereocenters. The first-order chi connectivity index (χ1) is 15.6. The zero-order valence-corrected chi connectivity index (χ0v) is 20.2. The van der Waals surface area contributed by atoms with Gasteiger partial charge < -0.3 is 15.5 Å². The molecule has 2 aromatic rings.